The third kappa shape index (κ3) is 3.52. The Balaban J connectivity index is 2.94. The van der Waals surface area contributed by atoms with Crippen molar-refractivity contribution in [3.8, 4) is 17.6 Å². The van der Waals surface area contributed by atoms with Crippen LogP contribution >= 0.6 is 0 Å². The topological polar surface area (TPSA) is 93.4 Å². The molecule has 5 nitrogen and oxygen atoms in total. The molecule has 0 fully saturated rings. The summed E-state index contributed by atoms with van der Waals surface area (Å²) in [6, 6.07) is 5.87. The van der Waals surface area contributed by atoms with Crippen molar-refractivity contribution in [2.45, 2.75) is 13.3 Å². The van der Waals surface area contributed by atoms with E-state index >= 15 is 0 Å². The summed E-state index contributed by atoms with van der Waals surface area (Å²) >= 11 is 0. The maximum absolute atomic E-state index is 11.6. The summed E-state index contributed by atoms with van der Waals surface area (Å²) in [5, 5.41) is 29.9. The Morgan fingerprint density at radius 3 is 2.72 bits per heavy atom. The number of nitriles is 1. The Morgan fingerprint density at radius 1 is 1.44 bits per heavy atom. The molecule has 5 heteroatoms. The second kappa shape index (κ2) is 6.30. The van der Waals surface area contributed by atoms with Crippen LogP contribution in [0.4, 0.5) is 0 Å². The summed E-state index contributed by atoms with van der Waals surface area (Å²) in [4.78, 5) is 11.6. The molecule has 1 rings (SSSR count). The fraction of sp³-hybridized carbons (Fsp3) is 0.231. The van der Waals surface area contributed by atoms with Gasteiger partial charge in [0, 0.05) is 6.54 Å². The highest BCUT2D eigenvalue weighted by Crippen LogP contribution is 2.25. The van der Waals surface area contributed by atoms with Gasteiger partial charge in [-0.2, -0.15) is 5.26 Å². The van der Waals surface area contributed by atoms with Crippen LogP contribution in [0.15, 0.2) is 23.8 Å². The molecule has 0 heterocycles. The Morgan fingerprint density at radius 2 is 2.17 bits per heavy atom. The maximum Gasteiger partial charge on any atom is 0.261 e. The minimum atomic E-state index is -0.452. The first kappa shape index (κ1) is 13.6. The highest BCUT2D eigenvalue weighted by atomic mass is 16.3. The molecule has 0 saturated heterocycles. The number of carbonyl (C=O) groups excluding carboxylic acids is 1. The number of hydrogen-bond acceptors (Lipinski definition) is 4. The quantitative estimate of drug-likeness (QED) is 0.426. The highest BCUT2D eigenvalue weighted by molar-refractivity contribution is 6.01. The standard InChI is InChI=1S/C13H14N2O3/c1-2-5-15-13(18)10(8-14)6-9-3-4-11(16)12(17)7-9/h3-4,6-7,16-17H,2,5H2,1H3,(H,15,18)/b10-6-. The summed E-state index contributed by atoms with van der Waals surface area (Å²) in [5.74, 6) is -0.997. The SMILES string of the molecule is CCCNC(=O)/C(C#N)=C\c1ccc(O)c(O)c1. The molecule has 0 aromatic heterocycles. The van der Waals surface area contributed by atoms with E-state index in [4.69, 9.17) is 10.4 Å². The molecular weight excluding hydrogens is 232 g/mol. The largest absolute Gasteiger partial charge is 0.504 e. The zero-order chi connectivity index (χ0) is 13.5. The average molecular weight is 246 g/mol. The molecule has 1 amide bonds. The smallest absolute Gasteiger partial charge is 0.261 e. The number of carbonyl (C=O) groups is 1. The van der Waals surface area contributed by atoms with E-state index in [1.165, 1.54) is 24.3 Å². The van der Waals surface area contributed by atoms with E-state index in [2.05, 4.69) is 5.32 Å². The first-order valence-electron chi connectivity index (χ1n) is 5.50. The molecule has 0 spiro atoms. The number of benzene rings is 1. The van der Waals surface area contributed by atoms with Crippen LogP contribution in [0.5, 0.6) is 11.5 Å². The van der Waals surface area contributed by atoms with Gasteiger partial charge in [0.2, 0.25) is 0 Å². The first-order chi connectivity index (χ1) is 8.58. The number of amides is 1. The van der Waals surface area contributed by atoms with Gasteiger partial charge in [-0.1, -0.05) is 13.0 Å². The molecule has 0 aliphatic rings. The van der Waals surface area contributed by atoms with Gasteiger partial charge in [0.25, 0.3) is 5.91 Å². The summed E-state index contributed by atoms with van der Waals surface area (Å²) in [7, 11) is 0. The zero-order valence-corrected chi connectivity index (χ0v) is 9.97. The summed E-state index contributed by atoms with van der Waals surface area (Å²) < 4.78 is 0. The molecule has 3 N–H and O–H groups in total. The van der Waals surface area contributed by atoms with E-state index < -0.39 is 5.91 Å². The molecule has 0 aliphatic carbocycles. The Hall–Kier alpha value is -2.48. The Labute approximate surface area is 105 Å². The first-order valence-corrected chi connectivity index (χ1v) is 5.50. The van der Waals surface area contributed by atoms with Crippen LogP contribution in [0.2, 0.25) is 0 Å². The molecule has 1 aromatic rings. The highest BCUT2D eigenvalue weighted by Gasteiger charge is 2.08. The number of hydrogen-bond donors (Lipinski definition) is 3. The molecule has 18 heavy (non-hydrogen) atoms. The number of rotatable bonds is 4. The van der Waals surface area contributed by atoms with Crippen molar-refractivity contribution in [2.24, 2.45) is 0 Å². The van der Waals surface area contributed by atoms with Crippen LogP contribution in [0.1, 0.15) is 18.9 Å². The van der Waals surface area contributed by atoms with Crippen molar-refractivity contribution in [1.29, 1.82) is 5.26 Å². The van der Waals surface area contributed by atoms with Crippen molar-refractivity contribution in [1.82, 2.24) is 5.32 Å². The number of nitrogens with zero attached hydrogens (tertiary/aromatic N) is 1. The lowest BCUT2D eigenvalue weighted by atomic mass is 10.1. The van der Waals surface area contributed by atoms with Gasteiger partial charge in [0.05, 0.1) is 0 Å². The zero-order valence-electron chi connectivity index (χ0n) is 9.97. The minimum Gasteiger partial charge on any atom is -0.504 e. The van der Waals surface area contributed by atoms with Crippen molar-refractivity contribution >= 4 is 12.0 Å². The molecule has 0 radical (unpaired) electrons. The summed E-state index contributed by atoms with van der Waals surface area (Å²) in [5.41, 5.74) is 0.419. The van der Waals surface area contributed by atoms with Crippen molar-refractivity contribution in [3.63, 3.8) is 0 Å². The van der Waals surface area contributed by atoms with E-state index in [9.17, 15) is 9.90 Å². The van der Waals surface area contributed by atoms with Crippen LogP contribution in [0, 0.1) is 11.3 Å². The van der Waals surface area contributed by atoms with Crippen molar-refractivity contribution in [3.05, 3.63) is 29.3 Å². The minimum absolute atomic E-state index is 0.0476. The van der Waals surface area contributed by atoms with Gasteiger partial charge >= 0.3 is 0 Å². The van der Waals surface area contributed by atoms with E-state index in [1.807, 2.05) is 6.92 Å². The predicted molar refractivity (Wildman–Crippen MR) is 66.7 cm³/mol. The molecule has 1 aromatic carbocycles. The molecule has 94 valence electrons. The van der Waals surface area contributed by atoms with E-state index in [-0.39, 0.29) is 17.1 Å². The molecule has 0 atom stereocenters. The van der Waals surface area contributed by atoms with Crippen LogP contribution in [-0.2, 0) is 4.79 Å². The lowest BCUT2D eigenvalue weighted by molar-refractivity contribution is -0.117. The van der Waals surface area contributed by atoms with Crippen LogP contribution in [-0.4, -0.2) is 22.7 Å². The van der Waals surface area contributed by atoms with Gasteiger partial charge in [-0.25, -0.2) is 0 Å². The molecule has 0 saturated carbocycles. The number of aromatic hydroxyl groups is 2. The van der Waals surface area contributed by atoms with Gasteiger partial charge in [0.15, 0.2) is 11.5 Å². The van der Waals surface area contributed by atoms with E-state index in [0.29, 0.717) is 12.1 Å². The normalized spacial score (nSPS) is 10.8. The van der Waals surface area contributed by atoms with Crippen molar-refractivity contribution in [2.75, 3.05) is 6.54 Å². The van der Waals surface area contributed by atoms with Gasteiger partial charge < -0.3 is 15.5 Å². The predicted octanol–water partition coefficient (Wildman–Crippen LogP) is 1.53. The molecule has 0 aliphatic heterocycles. The lowest BCUT2D eigenvalue weighted by Gasteiger charge is -2.02. The summed E-state index contributed by atoms with van der Waals surface area (Å²) in [6.07, 6.45) is 2.13. The fourth-order valence-electron chi connectivity index (χ4n) is 1.28. The number of phenolic OH excluding ortho intramolecular Hbond substituents is 2. The Kier molecular flexibility index (Phi) is 4.76. The van der Waals surface area contributed by atoms with Gasteiger partial charge in [0.1, 0.15) is 11.6 Å². The third-order valence-corrected chi connectivity index (χ3v) is 2.21. The van der Waals surface area contributed by atoms with Crippen LogP contribution in [0.25, 0.3) is 6.08 Å². The van der Waals surface area contributed by atoms with Gasteiger partial charge in [-0.05, 0) is 30.2 Å². The lowest BCUT2D eigenvalue weighted by Crippen LogP contribution is -2.25. The fourth-order valence-corrected chi connectivity index (χ4v) is 1.28. The Bertz CT molecular complexity index is 515. The van der Waals surface area contributed by atoms with E-state index in [0.717, 1.165) is 6.42 Å². The molecule has 0 unspecified atom stereocenters. The van der Waals surface area contributed by atoms with Crippen LogP contribution < -0.4 is 5.32 Å². The third-order valence-electron chi connectivity index (χ3n) is 2.21. The maximum atomic E-state index is 11.6. The van der Waals surface area contributed by atoms with Gasteiger partial charge in [-0.3, -0.25) is 4.79 Å². The second-order valence-corrected chi connectivity index (χ2v) is 3.67. The van der Waals surface area contributed by atoms with E-state index in [1.54, 1.807) is 6.07 Å². The number of phenols is 2. The summed E-state index contributed by atoms with van der Waals surface area (Å²) in [6.45, 7) is 2.41. The molecular formula is C13H14N2O3. The number of nitrogens with one attached hydrogen (secondary N) is 1. The van der Waals surface area contributed by atoms with Gasteiger partial charge in [-0.15, -0.1) is 0 Å². The van der Waals surface area contributed by atoms with Crippen LogP contribution in [0.3, 0.4) is 0 Å². The monoisotopic (exact) mass is 246 g/mol. The second-order valence-electron chi connectivity index (χ2n) is 3.67. The molecule has 0 bridgehead atoms. The average Bonchev–Trinajstić information content (AvgIpc) is 2.37. The van der Waals surface area contributed by atoms with Crippen molar-refractivity contribution < 1.29 is 15.0 Å².